The summed E-state index contributed by atoms with van der Waals surface area (Å²) in [6.45, 7) is 4.82. The van der Waals surface area contributed by atoms with Crippen LogP contribution in [0.3, 0.4) is 0 Å². The Kier molecular flexibility index (Phi) is 4.37. The van der Waals surface area contributed by atoms with Gasteiger partial charge in [0.25, 0.3) is 0 Å². The molecule has 0 saturated carbocycles. The van der Waals surface area contributed by atoms with Crippen molar-refractivity contribution < 1.29 is 0 Å². The first kappa shape index (κ1) is 9.79. The smallest absolute Gasteiger partial charge is 0.00187 e. The standard InChI is InChI=1S/C11H21N/c1-11-7-4-3-5-9-12(2)10-6-8-11/h7H,3-6,8-10H2,1-2H3/b11-7-. The Morgan fingerprint density at radius 3 is 2.75 bits per heavy atom. The molecule has 1 rings (SSSR count). The van der Waals surface area contributed by atoms with Gasteiger partial charge in [-0.15, -0.1) is 0 Å². The fourth-order valence-electron chi connectivity index (χ4n) is 1.72. The second-order valence-corrected chi connectivity index (χ2v) is 3.95. The molecule has 1 aliphatic rings. The van der Waals surface area contributed by atoms with Gasteiger partial charge in [0.05, 0.1) is 0 Å². The molecule has 0 aromatic carbocycles. The Morgan fingerprint density at radius 2 is 1.92 bits per heavy atom. The van der Waals surface area contributed by atoms with Crippen molar-refractivity contribution in [2.75, 3.05) is 20.1 Å². The molecule has 0 aliphatic carbocycles. The summed E-state index contributed by atoms with van der Waals surface area (Å²) >= 11 is 0. The van der Waals surface area contributed by atoms with Crippen LogP contribution in [0, 0.1) is 0 Å². The van der Waals surface area contributed by atoms with Crippen LogP contribution in [0.25, 0.3) is 0 Å². The van der Waals surface area contributed by atoms with Crippen LogP contribution in [0.4, 0.5) is 0 Å². The van der Waals surface area contributed by atoms with Gasteiger partial charge >= 0.3 is 0 Å². The number of hydrogen-bond acceptors (Lipinski definition) is 1. The lowest BCUT2D eigenvalue weighted by Crippen LogP contribution is -2.21. The molecule has 0 aromatic heterocycles. The zero-order chi connectivity index (χ0) is 8.81. The topological polar surface area (TPSA) is 3.24 Å². The largest absolute Gasteiger partial charge is 0.306 e. The van der Waals surface area contributed by atoms with Gasteiger partial charge in [0, 0.05) is 0 Å². The fourth-order valence-corrected chi connectivity index (χ4v) is 1.72. The monoisotopic (exact) mass is 167 g/mol. The van der Waals surface area contributed by atoms with Crippen LogP contribution in [-0.4, -0.2) is 25.0 Å². The first-order valence-corrected chi connectivity index (χ1v) is 5.13. The zero-order valence-electron chi connectivity index (χ0n) is 8.47. The van der Waals surface area contributed by atoms with Crippen LogP contribution in [0.15, 0.2) is 11.6 Å². The van der Waals surface area contributed by atoms with Gasteiger partial charge < -0.3 is 4.90 Å². The van der Waals surface area contributed by atoms with E-state index in [4.69, 9.17) is 0 Å². The van der Waals surface area contributed by atoms with Gasteiger partial charge in [0.15, 0.2) is 0 Å². The second-order valence-electron chi connectivity index (χ2n) is 3.95. The van der Waals surface area contributed by atoms with Gasteiger partial charge in [-0.25, -0.2) is 0 Å². The van der Waals surface area contributed by atoms with Crippen LogP contribution < -0.4 is 0 Å². The predicted molar refractivity (Wildman–Crippen MR) is 54.3 cm³/mol. The molecular weight excluding hydrogens is 146 g/mol. The average Bonchev–Trinajstić information content (AvgIpc) is 2.04. The third-order valence-corrected chi connectivity index (χ3v) is 2.60. The van der Waals surface area contributed by atoms with Crippen molar-refractivity contribution >= 4 is 0 Å². The summed E-state index contributed by atoms with van der Waals surface area (Å²) in [4.78, 5) is 2.46. The summed E-state index contributed by atoms with van der Waals surface area (Å²) in [6, 6.07) is 0. The summed E-state index contributed by atoms with van der Waals surface area (Å²) in [5.41, 5.74) is 1.59. The highest BCUT2D eigenvalue weighted by Crippen LogP contribution is 2.10. The summed E-state index contributed by atoms with van der Waals surface area (Å²) in [6.07, 6.45) is 9.07. The maximum atomic E-state index is 2.46. The summed E-state index contributed by atoms with van der Waals surface area (Å²) in [5, 5.41) is 0. The Labute approximate surface area is 76.5 Å². The van der Waals surface area contributed by atoms with E-state index in [-0.39, 0.29) is 0 Å². The molecule has 0 aromatic rings. The molecule has 0 amide bonds. The minimum Gasteiger partial charge on any atom is -0.306 e. The van der Waals surface area contributed by atoms with Crippen LogP contribution in [0.1, 0.15) is 39.0 Å². The SMILES string of the molecule is C/C1=C/CCCCN(C)CCC1. The van der Waals surface area contributed by atoms with Crippen molar-refractivity contribution in [2.45, 2.75) is 39.0 Å². The lowest BCUT2D eigenvalue weighted by atomic mass is 10.1. The van der Waals surface area contributed by atoms with E-state index in [1.165, 1.54) is 45.2 Å². The molecule has 0 unspecified atom stereocenters. The fraction of sp³-hybridized carbons (Fsp3) is 0.818. The minimum atomic E-state index is 1.27. The van der Waals surface area contributed by atoms with E-state index >= 15 is 0 Å². The number of hydrogen-bond donors (Lipinski definition) is 0. The third kappa shape index (κ3) is 3.91. The van der Waals surface area contributed by atoms with Crippen molar-refractivity contribution in [3.05, 3.63) is 11.6 Å². The number of nitrogens with zero attached hydrogens (tertiary/aromatic N) is 1. The van der Waals surface area contributed by atoms with Crippen molar-refractivity contribution in [1.82, 2.24) is 4.90 Å². The number of rotatable bonds is 0. The van der Waals surface area contributed by atoms with Crippen molar-refractivity contribution in [2.24, 2.45) is 0 Å². The molecule has 0 radical (unpaired) electrons. The maximum absolute atomic E-state index is 2.46. The predicted octanol–water partition coefficient (Wildman–Crippen LogP) is 2.83. The lowest BCUT2D eigenvalue weighted by molar-refractivity contribution is 0.320. The quantitative estimate of drug-likeness (QED) is 0.501. The Balaban J connectivity index is 2.34. The van der Waals surface area contributed by atoms with E-state index in [0.717, 1.165) is 0 Å². The van der Waals surface area contributed by atoms with Gasteiger partial charge in [-0.2, -0.15) is 0 Å². The van der Waals surface area contributed by atoms with Crippen LogP contribution in [0.2, 0.25) is 0 Å². The van der Waals surface area contributed by atoms with E-state index in [1.807, 2.05) is 0 Å². The molecule has 0 saturated heterocycles. The molecule has 70 valence electrons. The highest BCUT2D eigenvalue weighted by molar-refractivity contribution is 4.97. The zero-order valence-corrected chi connectivity index (χ0v) is 8.47. The van der Waals surface area contributed by atoms with Gasteiger partial charge in [0.1, 0.15) is 0 Å². The Morgan fingerprint density at radius 1 is 1.17 bits per heavy atom. The molecule has 0 N–H and O–H groups in total. The van der Waals surface area contributed by atoms with E-state index in [1.54, 1.807) is 5.57 Å². The summed E-state index contributed by atoms with van der Waals surface area (Å²) < 4.78 is 0. The van der Waals surface area contributed by atoms with Gasteiger partial charge in [-0.3, -0.25) is 0 Å². The van der Waals surface area contributed by atoms with Crippen molar-refractivity contribution in [3.63, 3.8) is 0 Å². The summed E-state index contributed by atoms with van der Waals surface area (Å²) in [7, 11) is 2.24. The van der Waals surface area contributed by atoms with Crippen molar-refractivity contribution in [1.29, 1.82) is 0 Å². The molecule has 0 bridgehead atoms. The molecule has 0 spiro atoms. The first-order valence-electron chi connectivity index (χ1n) is 5.13. The average molecular weight is 167 g/mol. The first-order chi connectivity index (χ1) is 5.79. The third-order valence-electron chi connectivity index (χ3n) is 2.60. The van der Waals surface area contributed by atoms with Crippen LogP contribution in [0.5, 0.6) is 0 Å². The minimum absolute atomic E-state index is 1.27. The molecule has 1 nitrogen and oxygen atoms in total. The molecule has 0 fully saturated rings. The molecule has 12 heavy (non-hydrogen) atoms. The van der Waals surface area contributed by atoms with Crippen LogP contribution >= 0.6 is 0 Å². The van der Waals surface area contributed by atoms with Gasteiger partial charge in [-0.1, -0.05) is 11.6 Å². The van der Waals surface area contributed by atoms with Gasteiger partial charge in [-0.05, 0) is 59.2 Å². The molecule has 1 heterocycles. The molecule has 1 heteroatoms. The Bertz CT molecular complexity index is 149. The molecule has 0 atom stereocenters. The van der Waals surface area contributed by atoms with E-state index in [0.29, 0.717) is 0 Å². The van der Waals surface area contributed by atoms with Gasteiger partial charge in [0.2, 0.25) is 0 Å². The normalized spacial score (nSPS) is 27.7. The summed E-state index contributed by atoms with van der Waals surface area (Å²) in [5.74, 6) is 0. The van der Waals surface area contributed by atoms with E-state index in [9.17, 15) is 0 Å². The second kappa shape index (κ2) is 5.36. The van der Waals surface area contributed by atoms with Crippen molar-refractivity contribution in [3.8, 4) is 0 Å². The maximum Gasteiger partial charge on any atom is -0.00187 e. The highest BCUT2D eigenvalue weighted by Gasteiger charge is 2.00. The molecule has 1 aliphatic heterocycles. The lowest BCUT2D eigenvalue weighted by Gasteiger charge is -2.17. The highest BCUT2D eigenvalue weighted by atomic mass is 15.1. The van der Waals surface area contributed by atoms with Crippen LogP contribution in [-0.2, 0) is 0 Å². The Hall–Kier alpha value is -0.300. The van der Waals surface area contributed by atoms with E-state index < -0.39 is 0 Å². The molecular formula is C11H21N. The van der Waals surface area contributed by atoms with E-state index in [2.05, 4.69) is 24.9 Å². The number of allylic oxidation sites excluding steroid dienone is 2.